The van der Waals surface area contributed by atoms with Gasteiger partial charge in [-0.1, -0.05) is 24.3 Å². The van der Waals surface area contributed by atoms with Gasteiger partial charge in [-0.05, 0) is 66.8 Å². The van der Waals surface area contributed by atoms with E-state index in [1.54, 1.807) is 47.8 Å². The number of sulfone groups is 1. The maximum absolute atomic E-state index is 13.2. The molecule has 0 spiro atoms. The molecular weight excluding hydrogens is 485 g/mol. The van der Waals surface area contributed by atoms with Crippen LogP contribution in [-0.4, -0.2) is 32.7 Å². The number of nitrogens with zero attached hydrogens (tertiary/aromatic N) is 1. The molecule has 1 heterocycles. The summed E-state index contributed by atoms with van der Waals surface area (Å²) in [5.74, 6) is 0.423. The highest BCUT2D eigenvalue weighted by Gasteiger charge is 2.32. The summed E-state index contributed by atoms with van der Waals surface area (Å²) in [7, 11) is -3.42. The quantitative estimate of drug-likeness (QED) is 0.389. The van der Waals surface area contributed by atoms with E-state index in [0.717, 1.165) is 12.3 Å². The van der Waals surface area contributed by atoms with Crippen LogP contribution in [0.15, 0.2) is 81.6 Å². The van der Waals surface area contributed by atoms with E-state index < -0.39 is 21.7 Å². The van der Waals surface area contributed by atoms with Crippen molar-refractivity contribution in [3.63, 3.8) is 0 Å². The summed E-state index contributed by atoms with van der Waals surface area (Å²) in [6.07, 6.45) is -2.99. The number of alkyl halides is 3. The highest BCUT2D eigenvalue weighted by atomic mass is 32.2. The molecule has 3 rings (SSSR count). The van der Waals surface area contributed by atoms with Crippen LogP contribution in [0.1, 0.15) is 18.7 Å². The molecule has 0 bridgehead atoms. The number of rotatable bonds is 7. The Morgan fingerprint density at radius 2 is 1.79 bits per heavy atom. The molecule has 1 aromatic heterocycles. The standard InChI is InChI=1S/C24H23F3N2O3S2/c1-15(2)32-21-10-5-4-9-19(21)29-20(13-23(28)24(25,26)27)22-12-17(14-33-22)16-7-6-8-18(11-16)34(3,30)31/h4-15H,28H2,1-3H3/b23-13-,29-20?. The highest BCUT2D eigenvalue weighted by Crippen LogP contribution is 2.33. The van der Waals surface area contributed by atoms with Crippen molar-refractivity contribution >= 4 is 32.6 Å². The molecule has 3 aromatic rings. The number of para-hydroxylation sites is 2. The molecule has 0 saturated carbocycles. The van der Waals surface area contributed by atoms with Gasteiger partial charge < -0.3 is 10.5 Å². The molecule has 10 heteroatoms. The maximum Gasteiger partial charge on any atom is 0.430 e. The summed E-state index contributed by atoms with van der Waals surface area (Å²) in [4.78, 5) is 5.02. The zero-order chi connectivity index (χ0) is 25.1. The number of hydrogen-bond donors (Lipinski definition) is 1. The molecule has 5 nitrogen and oxygen atoms in total. The van der Waals surface area contributed by atoms with Crippen LogP contribution in [0.5, 0.6) is 5.75 Å². The second kappa shape index (κ2) is 10.0. The largest absolute Gasteiger partial charge is 0.489 e. The van der Waals surface area contributed by atoms with E-state index in [2.05, 4.69) is 4.99 Å². The number of benzene rings is 2. The first-order chi connectivity index (χ1) is 15.8. The minimum absolute atomic E-state index is 0.00477. The van der Waals surface area contributed by atoms with Gasteiger partial charge in [0.25, 0.3) is 0 Å². The first-order valence-corrected chi connectivity index (χ1v) is 12.9. The van der Waals surface area contributed by atoms with Crippen molar-refractivity contribution in [2.75, 3.05) is 6.26 Å². The van der Waals surface area contributed by atoms with Crippen LogP contribution in [0.2, 0.25) is 0 Å². The molecule has 0 radical (unpaired) electrons. The van der Waals surface area contributed by atoms with Gasteiger partial charge in [-0.3, -0.25) is 0 Å². The van der Waals surface area contributed by atoms with Crippen molar-refractivity contribution in [3.05, 3.63) is 76.6 Å². The lowest BCUT2D eigenvalue weighted by atomic mass is 10.1. The first kappa shape index (κ1) is 25.5. The Labute approximate surface area is 200 Å². The van der Waals surface area contributed by atoms with Gasteiger partial charge in [0.15, 0.2) is 9.84 Å². The molecule has 2 N–H and O–H groups in total. The fourth-order valence-electron chi connectivity index (χ4n) is 2.95. The molecule has 0 fully saturated rings. The van der Waals surface area contributed by atoms with E-state index >= 15 is 0 Å². The summed E-state index contributed by atoms with van der Waals surface area (Å²) in [5.41, 5.74) is 5.63. The molecule has 0 atom stereocenters. The van der Waals surface area contributed by atoms with E-state index in [1.165, 1.54) is 23.5 Å². The number of allylic oxidation sites excluding steroid dienone is 2. The molecule has 0 amide bonds. The van der Waals surface area contributed by atoms with Crippen molar-refractivity contribution < 1.29 is 26.3 Å². The Hall–Kier alpha value is -3.11. The number of ether oxygens (including phenoxy) is 1. The second-order valence-electron chi connectivity index (χ2n) is 7.73. The Morgan fingerprint density at radius 3 is 2.44 bits per heavy atom. The predicted octanol–water partition coefficient (Wildman–Crippen LogP) is 6.13. The van der Waals surface area contributed by atoms with E-state index in [-0.39, 0.29) is 16.7 Å². The second-order valence-corrected chi connectivity index (χ2v) is 10.7. The summed E-state index contributed by atoms with van der Waals surface area (Å²) >= 11 is 1.17. The monoisotopic (exact) mass is 508 g/mol. The van der Waals surface area contributed by atoms with Gasteiger partial charge in [0, 0.05) is 6.26 Å². The van der Waals surface area contributed by atoms with Crippen molar-refractivity contribution in [2.24, 2.45) is 10.7 Å². The number of thiophene rings is 1. The summed E-state index contributed by atoms with van der Waals surface area (Å²) in [6, 6.07) is 14.8. The molecule has 0 aliphatic heterocycles. The minimum Gasteiger partial charge on any atom is -0.489 e. The molecular formula is C24H23F3N2O3S2. The molecule has 180 valence electrons. The normalized spacial score (nSPS) is 13.4. The van der Waals surface area contributed by atoms with Crippen molar-refractivity contribution in [1.82, 2.24) is 0 Å². The summed E-state index contributed by atoms with van der Waals surface area (Å²) in [5, 5.41) is 1.72. The third kappa shape index (κ3) is 6.48. The number of aliphatic imine (C=N–C) groups is 1. The molecule has 0 aliphatic rings. The molecule has 0 aliphatic carbocycles. The highest BCUT2D eigenvalue weighted by molar-refractivity contribution is 7.90. The predicted molar refractivity (Wildman–Crippen MR) is 130 cm³/mol. The van der Waals surface area contributed by atoms with Crippen LogP contribution in [0.4, 0.5) is 18.9 Å². The lowest BCUT2D eigenvalue weighted by Gasteiger charge is -2.12. The zero-order valence-corrected chi connectivity index (χ0v) is 20.3. The Bertz CT molecular complexity index is 1340. The minimum atomic E-state index is -4.72. The van der Waals surface area contributed by atoms with Gasteiger partial charge in [-0.15, -0.1) is 11.3 Å². The molecule has 2 aromatic carbocycles. The first-order valence-electron chi connectivity index (χ1n) is 10.1. The SMILES string of the molecule is CC(C)Oc1ccccc1N=C(/C=C(\N)C(F)(F)F)c1cc(-c2cccc(S(C)(=O)=O)c2)cs1. The fourth-order valence-corrected chi connectivity index (χ4v) is 4.49. The van der Waals surface area contributed by atoms with Gasteiger partial charge in [0.2, 0.25) is 0 Å². The van der Waals surface area contributed by atoms with Crippen LogP contribution in [0.3, 0.4) is 0 Å². The van der Waals surface area contributed by atoms with Crippen LogP contribution in [-0.2, 0) is 9.84 Å². The van der Waals surface area contributed by atoms with Gasteiger partial charge in [-0.2, -0.15) is 13.2 Å². The Morgan fingerprint density at radius 1 is 1.09 bits per heavy atom. The van der Waals surface area contributed by atoms with Crippen molar-refractivity contribution in [2.45, 2.75) is 31.0 Å². The average molecular weight is 509 g/mol. The van der Waals surface area contributed by atoms with Crippen LogP contribution < -0.4 is 10.5 Å². The van der Waals surface area contributed by atoms with Gasteiger partial charge in [0.05, 0.1) is 21.6 Å². The van der Waals surface area contributed by atoms with Gasteiger partial charge >= 0.3 is 6.18 Å². The summed E-state index contributed by atoms with van der Waals surface area (Å²) in [6.45, 7) is 3.66. The molecule has 34 heavy (non-hydrogen) atoms. The van der Waals surface area contributed by atoms with E-state index in [9.17, 15) is 21.6 Å². The van der Waals surface area contributed by atoms with Gasteiger partial charge in [-0.25, -0.2) is 13.4 Å². The lowest BCUT2D eigenvalue weighted by Crippen LogP contribution is -2.20. The van der Waals surface area contributed by atoms with Gasteiger partial charge in [0.1, 0.15) is 17.1 Å². The third-order valence-corrected chi connectivity index (χ3v) is 6.60. The van der Waals surface area contributed by atoms with Crippen LogP contribution >= 0.6 is 11.3 Å². The van der Waals surface area contributed by atoms with E-state index in [1.807, 2.05) is 13.8 Å². The topological polar surface area (TPSA) is 81.8 Å². The maximum atomic E-state index is 13.2. The van der Waals surface area contributed by atoms with Crippen molar-refractivity contribution in [1.29, 1.82) is 0 Å². The summed E-state index contributed by atoms with van der Waals surface area (Å²) < 4.78 is 69.2. The fraction of sp³-hybridized carbons (Fsp3) is 0.208. The Kier molecular flexibility index (Phi) is 7.52. The Balaban J connectivity index is 2.12. The zero-order valence-electron chi connectivity index (χ0n) is 18.6. The number of hydrogen-bond acceptors (Lipinski definition) is 6. The van der Waals surface area contributed by atoms with Crippen molar-refractivity contribution in [3.8, 4) is 16.9 Å². The lowest BCUT2D eigenvalue weighted by molar-refractivity contribution is -0.0925. The van der Waals surface area contributed by atoms with Crippen LogP contribution in [0, 0.1) is 0 Å². The van der Waals surface area contributed by atoms with E-state index in [4.69, 9.17) is 10.5 Å². The average Bonchev–Trinajstić information content (AvgIpc) is 3.23. The smallest absolute Gasteiger partial charge is 0.430 e. The van der Waals surface area contributed by atoms with Crippen LogP contribution in [0.25, 0.3) is 11.1 Å². The third-order valence-electron chi connectivity index (χ3n) is 4.54. The number of halogens is 3. The number of nitrogens with two attached hydrogens (primary N) is 1. The molecule has 0 saturated heterocycles. The molecule has 0 unspecified atom stereocenters. The van der Waals surface area contributed by atoms with E-state index in [0.29, 0.717) is 27.4 Å².